The van der Waals surface area contributed by atoms with Gasteiger partial charge in [-0.1, -0.05) is 31.9 Å². The van der Waals surface area contributed by atoms with E-state index in [1.165, 1.54) is 0 Å². The molecule has 0 aliphatic carbocycles. The first-order valence-electron chi connectivity index (χ1n) is 10.7. The summed E-state index contributed by atoms with van der Waals surface area (Å²) in [6.45, 7) is 7.91. The first-order chi connectivity index (χ1) is 14.4. The normalized spacial score (nSPS) is 24.2. The molecule has 1 aromatic rings. The molecular formula is C22H32ClN3O3S. The molecule has 6 nitrogen and oxygen atoms in total. The number of nitrogens with one attached hydrogen (secondary N) is 2. The highest BCUT2D eigenvalue weighted by Crippen LogP contribution is 2.33. The number of halogens is 1. The van der Waals surface area contributed by atoms with Crippen LogP contribution in [-0.4, -0.2) is 72.6 Å². The van der Waals surface area contributed by atoms with Crippen LogP contribution in [0.25, 0.3) is 0 Å². The van der Waals surface area contributed by atoms with Gasteiger partial charge in [-0.05, 0) is 42.4 Å². The number of hydrogen-bond acceptors (Lipinski definition) is 5. The number of nitrogens with zero attached hydrogens (tertiary/aromatic N) is 1. The number of carbonyl (C=O) groups is 2. The lowest BCUT2D eigenvalue weighted by Gasteiger charge is -2.43. The van der Waals surface area contributed by atoms with Gasteiger partial charge in [0.25, 0.3) is 5.91 Å². The van der Waals surface area contributed by atoms with Crippen LogP contribution >= 0.6 is 23.4 Å². The molecular weight excluding hydrogens is 422 g/mol. The van der Waals surface area contributed by atoms with Gasteiger partial charge in [0.2, 0.25) is 5.91 Å². The van der Waals surface area contributed by atoms with Gasteiger partial charge in [0, 0.05) is 41.5 Å². The molecule has 0 saturated carbocycles. The Morgan fingerprint density at radius 2 is 1.97 bits per heavy atom. The Bertz CT molecular complexity index is 719. The molecule has 1 aromatic carbocycles. The third kappa shape index (κ3) is 5.69. The van der Waals surface area contributed by atoms with Gasteiger partial charge in [-0.2, -0.15) is 11.8 Å². The minimum atomic E-state index is -0.575. The lowest BCUT2D eigenvalue weighted by atomic mass is 9.94. The van der Waals surface area contributed by atoms with Crippen molar-refractivity contribution < 1.29 is 14.3 Å². The molecule has 2 aliphatic heterocycles. The van der Waals surface area contributed by atoms with Crippen molar-refractivity contribution in [1.82, 2.24) is 15.5 Å². The summed E-state index contributed by atoms with van der Waals surface area (Å²) in [5.74, 6) is 1.77. The van der Waals surface area contributed by atoms with Gasteiger partial charge < -0.3 is 15.4 Å². The fourth-order valence-electron chi connectivity index (χ4n) is 4.02. The summed E-state index contributed by atoms with van der Waals surface area (Å²) < 4.78 is 5.52. The highest BCUT2D eigenvalue weighted by atomic mass is 35.5. The van der Waals surface area contributed by atoms with Crippen molar-refractivity contribution in [1.29, 1.82) is 0 Å². The number of carbonyl (C=O) groups excluding carboxylic acids is 2. The van der Waals surface area contributed by atoms with Crippen molar-refractivity contribution in [3.63, 3.8) is 0 Å². The van der Waals surface area contributed by atoms with Crippen LogP contribution in [0.15, 0.2) is 24.3 Å². The second-order valence-electron chi connectivity index (χ2n) is 8.19. The molecule has 0 bridgehead atoms. The summed E-state index contributed by atoms with van der Waals surface area (Å²) >= 11 is 7.86. The summed E-state index contributed by atoms with van der Waals surface area (Å²) in [5, 5.41) is 6.69. The van der Waals surface area contributed by atoms with E-state index in [1.807, 2.05) is 25.6 Å². The Morgan fingerprint density at radius 3 is 2.57 bits per heavy atom. The Kier molecular flexibility index (Phi) is 8.45. The van der Waals surface area contributed by atoms with E-state index in [4.69, 9.17) is 16.3 Å². The van der Waals surface area contributed by atoms with Crippen molar-refractivity contribution in [2.75, 3.05) is 44.4 Å². The number of ether oxygens (including phenoxy) is 1. The molecule has 166 valence electrons. The topological polar surface area (TPSA) is 70.7 Å². The number of thioether (sulfide) groups is 1. The maximum Gasteiger partial charge on any atom is 0.251 e. The molecule has 0 radical (unpaired) electrons. The van der Waals surface area contributed by atoms with Crippen LogP contribution in [0.2, 0.25) is 5.02 Å². The fourth-order valence-corrected chi connectivity index (χ4v) is 5.63. The predicted octanol–water partition coefficient (Wildman–Crippen LogP) is 2.81. The molecule has 2 saturated heterocycles. The zero-order valence-electron chi connectivity index (χ0n) is 17.8. The van der Waals surface area contributed by atoms with Crippen LogP contribution in [0.4, 0.5) is 0 Å². The molecule has 2 fully saturated rings. The second-order valence-corrected chi connectivity index (χ2v) is 9.73. The minimum absolute atomic E-state index is 0.0235. The van der Waals surface area contributed by atoms with E-state index in [-0.39, 0.29) is 23.3 Å². The number of rotatable bonds is 8. The van der Waals surface area contributed by atoms with E-state index in [2.05, 4.69) is 15.5 Å². The van der Waals surface area contributed by atoms with Crippen molar-refractivity contribution in [2.45, 2.75) is 38.3 Å². The predicted molar refractivity (Wildman–Crippen MR) is 122 cm³/mol. The van der Waals surface area contributed by atoms with Crippen LogP contribution in [0.3, 0.4) is 0 Å². The Labute approximate surface area is 188 Å². The first kappa shape index (κ1) is 23.4. The quantitative estimate of drug-likeness (QED) is 0.633. The number of morpholine rings is 1. The monoisotopic (exact) mass is 453 g/mol. The van der Waals surface area contributed by atoms with E-state index < -0.39 is 6.04 Å². The first-order valence-corrected chi connectivity index (χ1v) is 12.2. The molecule has 3 unspecified atom stereocenters. The van der Waals surface area contributed by atoms with Gasteiger partial charge in [-0.3, -0.25) is 14.5 Å². The molecule has 2 heterocycles. The van der Waals surface area contributed by atoms with Crippen molar-refractivity contribution >= 4 is 35.2 Å². The van der Waals surface area contributed by atoms with E-state index in [1.54, 1.807) is 24.3 Å². The minimum Gasteiger partial charge on any atom is -0.379 e. The maximum atomic E-state index is 13.1. The summed E-state index contributed by atoms with van der Waals surface area (Å²) in [5.41, 5.74) is 0.474. The molecule has 3 rings (SSSR count). The molecule has 30 heavy (non-hydrogen) atoms. The van der Waals surface area contributed by atoms with E-state index in [0.717, 1.165) is 50.7 Å². The van der Waals surface area contributed by atoms with Crippen molar-refractivity contribution in [3.8, 4) is 0 Å². The summed E-state index contributed by atoms with van der Waals surface area (Å²) in [7, 11) is 0. The molecule has 8 heteroatoms. The SMILES string of the molecule is CCC(C)C(NC(=O)c1ccc(Cl)cc1)C(=O)NCC1(N2CCOCC2)CCSC1. The number of amides is 2. The largest absolute Gasteiger partial charge is 0.379 e. The van der Waals surface area contributed by atoms with E-state index >= 15 is 0 Å². The maximum absolute atomic E-state index is 13.1. The third-order valence-corrected chi connectivity index (χ3v) is 7.73. The van der Waals surface area contributed by atoms with Crippen LogP contribution in [0.1, 0.15) is 37.0 Å². The van der Waals surface area contributed by atoms with Gasteiger partial charge in [0.05, 0.1) is 13.2 Å². The number of hydrogen-bond donors (Lipinski definition) is 2. The fraction of sp³-hybridized carbons (Fsp3) is 0.636. The van der Waals surface area contributed by atoms with Gasteiger partial charge in [-0.15, -0.1) is 0 Å². The van der Waals surface area contributed by atoms with Gasteiger partial charge in [-0.25, -0.2) is 0 Å². The van der Waals surface area contributed by atoms with Crippen molar-refractivity contribution in [2.24, 2.45) is 5.92 Å². The summed E-state index contributed by atoms with van der Waals surface area (Å²) in [6.07, 6.45) is 1.85. The average Bonchev–Trinajstić information content (AvgIpc) is 3.26. The molecule has 2 aliphatic rings. The highest BCUT2D eigenvalue weighted by Gasteiger charge is 2.41. The summed E-state index contributed by atoms with van der Waals surface area (Å²) in [6, 6.07) is 6.13. The van der Waals surface area contributed by atoms with Crippen molar-refractivity contribution in [3.05, 3.63) is 34.9 Å². The van der Waals surface area contributed by atoms with Crippen LogP contribution in [-0.2, 0) is 9.53 Å². The van der Waals surface area contributed by atoms with E-state index in [9.17, 15) is 9.59 Å². The van der Waals surface area contributed by atoms with Gasteiger partial charge >= 0.3 is 0 Å². The highest BCUT2D eigenvalue weighted by molar-refractivity contribution is 7.99. The zero-order valence-corrected chi connectivity index (χ0v) is 19.4. The second kappa shape index (κ2) is 10.8. The Morgan fingerprint density at radius 1 is 1.27 bits per heavy atom. The average molecular weight is 454 g/mol. The lowest BCUT2D eigenvalue weighted by molar-refractivity contribution is -0.125. The van der Waals surface area contributed by atoms with Crippen LogP contribution in [0.5, 0.6) is 0 Å². The number of benzene rings is 1. The van der Waals surface area contributed by atoms with E-state index in [0.29, 0.717) is 17.1 Å². The van der Waals surface area contributed by atoms with Gasteiger partial charge in [0.15, 0.2) is 0 Å². The Hall–Kier alpha value is -1.28. The van der Waals surface area contributed by atoms with Crippen LogP contribution < -0.4 is 10.6 Å². The third-order valence-electron chi connectivity index (χ3n) is 6.24. The molecule has 3 atom stereocenters. The Balaban J connectivity index is 1.65. The standard InChI is InChI=1S/C22H32ClN3O3S/c1-3-16(2)19(25-20(27)17-4-6-18(23)7-5-17)21(28)24-14-22(8-13-30-15-22)26-9-11-29-12-10-26/h4-7,16,19H,3,8-15H2,1-2H3,(H,24,28)(H,25,27). The van der Waals surface area contributed by atoms with Gasteiger partial charge in [0.1, 0.15) is 6.04 Å². The summed E-state index contributed by atoms with van der Waals surface area (Å²) in [4.78, 5) is 28.3. The lowest BCUT2D eigenvalue weighted by Crippen LogP contribution is -2.61. The molecule has 2 amide bonds. The molecule has 0 spiro atoms. The molecule has 2 N–H and O–H groups in total. The van der Waals surface area contributed by atoms with Crippen LogP contribution in [0, 0.1) is 5.92 Å². The molecule has 0 aromatic heterocycles. The zero-order chi connectivity index (χ0) is 21.6. The smallest absolute Gasteiger partial charge is 0.251 e.